The zero-order valence-electron chi connectivity index (χ0n) is 23.1. The number of carbonyl (C=O) groups is 2. The van der Waals surface area contributed by atoms with E-state index in [2.05, 4.69) is 6.08 Å². The summed E-state index contributed by atoms with van der Waals surface area (Å²) in [6.07, 6.45) is 7.80. The molecule has 2 aromatic rings. The van der Waals surface area contributed by atoms with E-state index in [1.807, 2.05) is 54.6 Å². The Morgan fingerprint density at radius 3 is 1.48 bits per heavy atom. The summed E-state index contributed by atoms with van der Waals surface area (Å²) < 4.78 is 10.2. The molecule has 40 heavy (non-hydrogen) atoms. The number of hydrogen-bond donors (Lipinski definition) is 2. The minimum absolute atomic E-state index is 0.0495. The van der Waals surface area contributed by atoms with Gasteiger partial charge in [-0.3, -0.25) is 9.59 Å². The van der Waals surface area contributed by atoms with Crippen LogP contribution in [0.4, 0.5) is 0 Å². The van der Waals surface area contributed by atoms with E-state index in [1.54, 1.807) is 13.8 Å². The van der Waals surface area contributed by atoms with Crippen LogP contribution in [0.3, 0.4) is 0 Å². The standard InChI is InChI=1S/C18H21ClO4.C14H17ClO2/c1-3-22-16(20)18(17(21)23-4-2)11-9-14(10-12-18)13-5-7-15(19)8-6-13;15-13-3-1-11(2-4-13)12-5-7-14(9-16,10-17)8-6-12/h5-9H,3-4,10-12H2,1-2H3;1-5,16-17H,6-10H2. The Morgan fingerprint density at radius 2 is 1.15 bits per heavy atom. The Kier molecular flexibility index (Phi) is 11.8. The van der Waals surface area contributed by atoms with E-state index in [4.69, 9.17) is 32.7 Å². The first-order chi connectivity index (χ1) is 19.2. The second-order valence-corrected chi connectivity index (χ2v) is 11.1. The van der Waals surface area contributed by atoms with Crippen LogP contribution in [-0.4, -0.2) is 48.6 Å². The van der Waals surface area contributed by atoms with Crippen molar-refractivity contribution in [3.05, 3.63) is 81.9 Å². The summed E-state index contributed by atoms with van der Waals surface area (Å²) in [7, 11) is 0. The highest BCUT2D eigenvalue weighted by atomic mass is 35.5. The van der Waals surface area contributed by atoms with Gasteiger partial charge in [0.15, 0.2) is 5.41 Å². The lowest BCUT2D eigenvalue weighted by atomic mass is 9.73. The Bertz CT molecular complexity index is 1180. The number of aliphatic hydroxyl groups excluding tert-OH is 2. The van der Waals surface area contributed by atoms with Gasteiger partial charge in [0, 0.05) is 15.5 Å². The third-order valence-electron chi connectivity index (χ3n) is 7.66. The number of halogens is 2. The van der Waals surface area contributed by atoms with Crippen molar-refractivity contribution in [1.82, 2.24) is 0 Å². The maximum absolute atomic E-state index is 12.4. The Morgan fingerprint density at radius 1 is 0.725 bits per heavy atom. The SMILES string of the molecule is CCOC(=O)C1(C(=O)OCC)CC=C(c2ccc(Cl)cc2)CC1.OCC1(CO)CC=C(c2ccc(Cl)cc2)CC1. The molecular formula is C32H38Cl2O6. The molecule has 0 bridgehead atoms. The van der Waals surface area contributed by atoms with Crippen molar-refractivity contribution in [1.29, 1.82) is 0 Å². The fourth-order valence-corrected chi connectivity index (χ4v) is 5.23. The zero-order chi connectivity index (χ0) is 29.2. The number of hydrogen-bond acceptors (Lipinski definition) is 6. The van der Waals surface area contributed by atoms with Crippen LogP contribution in [0.5, 0.6) is 0 Å². The van der Waals surface area contributed by atoms with E-state index in [0.717, 1.165) is 35.4 Å². The molecule has 0 fully saturated rings. The summed E-state index contributed by atoms with van der Waals surface area (Å²) in [6.45, 7) is 4.05. The van der Waals surface area contributed by atoms with Crippen molar-refractivity contribution in [3.8, 4) is 0 Å². The van der Waals surface area contributed by atoms with Crippen LogP contribution in [-0.2, 0) is 19.1 Å². The average molecular weight is 590 g/mol. The quantitative estimate of drug-likeness (QED) is 0.257. The predicted octanol–water partition coefficient (Wildman–Crippen LogP) is 6.90. The van der Waals surface area contributed by atoms with Crippen LogP contribution in [0, 0.1) is 10.8 Å². The van der Waals surface area contributed by atoms with Crippen LogP contribution in [0.15, 0.2) is 60.7 Å². The zero-order valence-corrected chi connectivity index (χ0v) is 24.6. The number of allylic oxidation sites excluding steroid dienone is 4. The number of aliphatic hydroxyl groups is 2. The van der Waals surface area contributed by atoms with Gasteiger partial charge in [0.05, 0.1) is 26.4 Å². The molecule has 216 valence electrons. The van der Waals surface area contributed by atoms with Crippen LogP contribution in [0.25, 0.3) is 11.1 Å². The summed E-state index contributed by atoms with van der Waals surface area (Å²) in [4.78, 5) is 24.7. The van der Waals surface area contributed by atoms with Gasteiger partial charge in [-0.05, 0) is 98.9 Å². The molecule has 0 atom stereocenters. The lowest BCUT2D eigenvalue weighted by Crippen LogP contribution is -2.43. The molecule has 0 heterocycles. The summed E-state index contributed by atoms with van der Waals surface area (Å²) in [6, 6.07) is 15.3. The monoisotopic (exact) mass is 588 g/mol. The van der Waals surface area contributed by atoms with Crippen molar-refractivity contribution in [2.75, 3.05) is 26.4 Å². The van der Waals surface area contributed by atoms with Crippen LogP contribution >= 0.6 is 23.2 Å². The van der Waals surface area contributed by atoms with Gasteiger partial charge in [-0.2, -0.15) is 0 Å². The highest BCUT2D eigenvalue weighted by Gasteiger charge is 2.49. The van der Waals surface area contributed by atoms with Crippen LogP contribution < -0.4 is 0 Å². The van der Waals surface area contributed by atoms with Crippen molar-refractivity contribution in [2.45, 2.75) is 52.4 Å². The van der Waals surface area contributed by atoms with Gasteiger partial charge in [0.2, 0.25) is 0 Å². The molecule has 0 aliphatic heterocycles. The van der Waals surface area contributed by atoms with Gasteiger partial charge in [0.25, 0.3) is 0 Å². The second kappa shape index (κ2) is 14.8. The molecule has 0 saturated carbocycles. The second-order valence-electron chi connectivity index (χ2n) is 10.2. The van der Waals surface area contributed by atoms with E-state index >= 15 is 0 Å². The van der Waals surface area contributed by atoms with Gasteiger partial charge >= 0.3 is 11.9 Å². The molecule has 0 radical (unpaired) electrons. The van der Waals surface area contributed by atoms with Gasteiger partial charge in [0.1, 0.15) is 0 Å². The molecule has 8 heteroatoms. The minimum atomic E-state index is -1.22. The molecule has 2 aromatic carbocycles. The number of carbonyl (C=O) groups excluding carboxylic acids is 2. The van der Waals surface area contributed by atoms with Crippen LogP contribution in [0.2, 0.25) is 10.0 Å². The number of ether oxygens (including phenoxy) is 2. The summed E-state index contributed by atoms with van der Waals surface area (Å²) in [5, 5.41) is 20.1. The van der Waals surface area contributed by atoms with Crippen molar-refractivity contribution in [3.63, 3.8) is 0 Å². The number of benzene rings is 2. The third-order valence-corrected chi connectivity index (χ3v) is 8.16. The van der Waals surface area contributed by atoms with E-state index < -0.39 is 17.4 Å². The maximum Gasteiger partial charge on any atom is 0.323 e. The summed E-state index contributed by atoms with van der Waals surface area (Å²) in [5.41, 5.74) is 3.07. The molecule has 0 amide bonds. The van der Waals surface area contributed by atoms with Crippen molar-refractivity contribution < 1.29 is 29.3 Å². The first kappa shape index (κ1) is 31.9. The molecule has 0 saturated heterocycles. The number of rotatable bonds is 8. The van der Waals surface area contributed by atoms with E-state index in [1.165, 1.54) is 11.1 Å². The Balaban J connectivity index is 0.000000230. The number of esters is 2. The Hall–Kier alpha value is -2.64. The highest BCUT2D eigenvalue weighted by Crippen LogP contribution is 2.41. The van der Waals surface area contributed by atoms with Gasteiger partial charge in [-0.15, -0.1) is 0 Å². The fraction of sp³-hybridized carbons (Fsp3) is 0.438. The van der Waals surface area contributed by atoms with Crippen molar-refractivity contribution >= 4 is 46.3 Å². The molecule has 0 unspecified atom stereocenters. The smallest absolute Gasteiger partial charge is 0.323 e. The molecule has 6 nitrogen and oxygen atoms in total. The molecule has 0 spiro atoms. The highest BCUT2D eigenvalue weighted by molar-refractivity contribution is 6.30. The normalized spacial score (nSPS) is 17.4. The molecule has 2 aliphatic carbocycles. The largest absolute Gasteiger partial charge is 0.465 e. The molecule has 4 rings (SSSR count). The molecule has 0 aromatic heterocycles. The van der Waals surface area contributed by atoms with E-state index in [0.29, 0.717) is 24.3 Å². The average Bonchev–Trinajstić information content (AvgIpc) is 2.99. The van der Waals surface area contributed by atoms with Gasteiger partial charge in [-0.25, -0.2) is 0 Å². The maximum atomic E-state index is 12.4. The van der Waals surface area contributed by atoms with E-state index in [-0.39, 0.29) is 31.8 Å². The topological polar surface area (TPSA) is 93.1 Å². The van der Waals surface area contributed by atoms with Gasteiger partial charge < -0.3 is 19.7 Å². The van der Waals surface area contributed by atoms with Crippen molar-refractivity contribution in [2.24, 2.45) is 10.8 Å². The first-order valence-corrected chi connectivity index (χ1v) is 14.4. The fourth-order valence-electron chi connectivity index (χ4n) is 4.98. The van der Waals surface area contributed by atoms with E-state index in [9.17, 15) is 19.8 Å². The molecular weight excluding hydrogens is 551 g/mol. The summed E-state index contributed by atoms with van der Waals surface area (Å²) in [5.74, 6) is -0.991. The lowest BCUT2D eigenvalue weighted by molar-refractivity contribution is -0.172. The minimum Gasteiger partial charge on any atom is -0.465 e. The first-order valence-electron chi connectivity index (χ1n) is 13.7. The van der Waals surface area contributed by atoms with Crippen LogP contribution in [0.1, 0.15) is 63.5 Å². The predicted molar refractivity (Wildman–Crippen MR) is 159 cm³/mol. The molecule has 2 N–H and O–H groups in total. The lowest BCUT2D eigenvalue weighted by Gasteiger charge is -2.33. The van der Waals surface area contributed by atoms with Gasteiger partial charge in [-0.1, -0.05) is 59.6 Å². The Labute approximate surface area is 246 Å². The third kappa shape index (κ3) is 7.76. The summed E-state index contributed by atoms with van der Waals surface area (Å²) >= 11 is 11.8. The molecule has 2 aliphatic rings.